The third kappa shape index (κ3) is 3.53. The van der Waals surface area contributed by atoms with Crippen molar-refractivity contribution in [1.82, 2.24) is 0 Å². The summed E-state index contributed by atoms with van der Waals surface area (Å²) in [6.07, 6.45) is 0.0432. The lowest BCUT2D eigenvalue weighted by Gasteiger charge is -2.18. The molecule has 3 rings (SSSR count). The Balaban J connectivity index is 1.84. The fourth-order valence-corrected chi connectivity index (χ4v) is 3.11. The largest absolute Gasteiger partial charge is 0.497 e. The highest BCUT2D eigenvalue weighted by Crippen LogP contribution is 2.40. The number of hydrogen-bond acceptors (Lipinski definition) is 7. The standard InChI is InChI=1S/C20H22N2O6/c1-25-14-7-5-13(6-8-14)22-18(23)11-15(20(22)24)21-12-9-16(26-2)19(28-4)17(10-12)27-3/h5-10,15,21H,11H2,1-4H3/t15-/m1/s1. The maximum Gasteiger partial charge on any atom is 0.256 e. The van der Waals surface area contributed by atoms with Crippen LogP contribution < -0.4 is 29.2 Å². The van der Waals surface area contributed by atoms with E-state index in [1.807, 2.05) is 0 Å². The minimum Gasteiger partial charge on any atom is -0.497 e. The van der Waals surface area contributed by atoms with E-state index in [2.05, 4.69) is 5.32 Å². The molecule has 148 valence electrons. The lowest BCUT2D eigenvalue weighted by molar-refractivity contribution is -0.121. The Morgan fingerprint density at radius 2 is 1.50 bits per heavy atom. The maximum absolute atomic E-state index is 12.8. The number of anilines is 2. The van der Waals surface area contributed by atoms with Crippen LogP contribution in [0.2, 0.25) is 0 Å². The zero-order valence-electron chi connectivity index (χ0n) is 16.1. The van der Waals surface area contributed by atoms with Crippen LogP contribution in [0, 0.1) is 0 Å². The van der Waals surface area contributed by atoms with E-state index < -0.39 is 6.04 Å². The number of amides is 2. The van der Waals surface area contributed by atoms with Crippen LogP contribution in [0.4, 0.5) is 11.4 Å². The summed E-state index contributed by atoms with van der Waals surface area (Å²) in [5.74, 6) is 1.39. The van der Waals surface area contributed by atoms with E-state index in [9.17, 15) is 9.59 Å². The van der Waals surface area contributed by atoms with Gasteiger partial charge in [0.2, 0.25) is 11.7 Å². The summed E-state index contributed by atoms with van der Waals surface area (Å²) in [7, 11) is 6.09. The third-order valence-electron chi connectivity index (χ3n) is 4.48. The van der Waals surface area contributed by atoms with E-state index in [1.165, 1.54) is 26.2 Å². The van der Waals surface area contributed by atoms with Crippen molar-refractivity contribution in [2.24, 2.45) is 0 Å². The van der Waals surface area contributed by atoms with Gasteiger partial charge in [0.05, 0.1) is 40.5 Å². The summed E-state index contributed by atoms with van der Waals surface area (Å²) in [5, 5.41) is 3.09. The van der Waals surface area contributed by atoms with Crippen molar-refractivity contribution in [3.05, 3.63) is 36.4 Å². The first-order valence-corrected chi connectivity index (χ1v) is 8.59. The molecule has 8 nitrogen and oxygen atoms in total. The maximum atomic E-state index is 12.8. The van der Waals surface area contributed by atoms with Crippen LogP contribution in [0.25, 0.3) is 0 Å². The van der Waals surface area contributed by atoms with Crippen LogP contribution in [-0.2, 0) is 9.59 Å². The first kappa shape index (κ1) is 19.3. The van der Waals surface area contributed by atoms with Crippen molar-refractivity contribution < 1.29 is 28.5 Å². The second-order valence-corrected chi connectivity index (χ2v) is 6.08. The second kappa shape index (κ2) is 8.08. The number of ether oxygens (including phenoxy) is 4. The van der Waals surface area contributed by atoms with Crippen molar-refractivity contribution in [3.8, 4) is 23.0 Å². The zero-order chi connectivity index (χ0) is 20.3. The summed E-state index contributed by atoms with van der Waals surface area (Å²) >= 11 is 0. The van der Waals surface area contributed by atoms with Crippen LogP contribution in [0.15, 0.2) is 36.4 Å². The molecule has 2 aromatic carbocycles. The molecule has 1 saturated heterocycles. The van der Waals surface area contributed by atoms with Crippen molar-refractivity contribution in [3.63, 3.8) is 0 Å². The minimum atomic E-state index is -0.697. The van der Waals surface area contributed by atoms with Crippen molar-refractivity contribution >= 4 is 23.2 Å². The highest BCUT2D eigenvalue weighted by molar-refractivity contribution is 6.23. The lowest BCUT2D eigenvalue weighted by atomic mass is 10.2. The molecule has 1 atom stereocenters. The molecule has 1 aliphatic heterocycles. The fourth-order valence-electron chi connectivity index (χ4n) is 3.11. The Bertz CT molecular complexity index is 856. The monoisotopic (exact) mass is 386 g/mol. The molecular weight excluding hydrogens is 364 g/mol. The third-order valence-corrected chi connectivity index (χ3v) is 4.48. The molecule has 0 unspecified atom stereocenters. The van der Waals surface area contributed by atoms with Gasteiger partial charge in [0, 0.05) is 17.8 Å². The molecule has 1 fully saturated rings. The fraction of sp³-hybridized carbons (Fsp3) is 0.300. The summed E-state index contributed by atoms with van der Waals surface area (Å²) in [4.78, 5) is 26.5. The smallest absolute Gasteiger partial charge is 0.256 e. The van der Waals surface area contributed by atoms with Crippen molar-refractivity contribution in [2.45, 2.75) is 12.5 Å². The molecule has 28 heavy (non-hydrogen) atoms. The van der Waals surface area contributed by atoms with E-state index in [-0.39, 0.29) is 18.2 Å². The molecule has 1 N–H and O–H groups in total. The average molecular weight is 386 g/mol. The number of carbonyl (C=O) groups excluding carboxylic acids is 2. The molecule has 0 radical (unpaired) electrons. The van der Waals surface area contributed by atoms with Gasteiger partial charge in [0.1, 0.15) is 11.8 Å². The molecule has 0 bridgehead atoms. The van der Waals surface area contributed by atoms with Gasteiger partial charge < -0.3 is 24.3 Å². The van der Waals surface area contributed by atoms with Crippen molar-refractivity contribution in [2.75, 3.05) is 38.7 Å². The summed E-state index contributed by atoms with van der Waals surface area (Å²) in [5.41, 5.74) is 1.09. The number of methoxy groups -OCH3 is 4. The van der Waals surface area contributed by atoms with Gasteiger partial charge in [-0.25, -0.2) is 4.90 Å². The van der Waals surface area contributed by atoms with E-state index in [0.29, 0.717) is 34.4 Å². The van der Waals surface area contributed by atoms with E-state index in [4.69, 9.17) is 18.9 Å². The van der Waals surface area contributed by atoms with Gasteiger partial charge in [0.15, 0.2) is 11.5 Å². The Morgan fingerprint density at radius 3 is 2.00 bits per heavy atom. The predicted molar refractivity (Wildman–Crippen MR) is 104 cm³/mol. The second-order valence-electron chi connectivity index (χ2n) is 6.08. The SMILES string of the molecule is COc1ccc(N2C(=O)C[C@@H](Nc3cc(OC)c(OC)c(OC)c3)C2=O)cc1. The summed E-state index contributed by atoms with van der Waals surface area (Å²) < 4.78 is 21.1. The van der Waals surface area contributed by atoms with Gasteiger partial charge >= 0.3 is 0 Å². The quantitative estimate of drug-likeness (QED) is 0.732. The number of rotatable bonds is 7. The van der Waals surface area contributed by atoms with Crippen LogP contribution in [-0.4, -0.2) is 46.3 Å². The number of carbonyl (C=O) groups is 2. The molecular formula is C20H22N2O6. The summed E-state index contributed by atoms with van der Waals surface area (Å²) in [6, 6.07) is 9.44. The molecule has 2 aromatic rings. The molecule has 1 heterocycles. The molecule has 0 aliphatic carbocycles. The van der Waals surface area contributed by atoms with Crippen LogP contribution in [0.5, 0.6) is 23.0 Å². The van der Waals surface area contributed by atoms with E-state index in [1.54, 1.807) is 43.5 Å². The van der Waals surface area contributed by atoms with Gasteiger partial charge in [-0.3, -0.25) is 9.59 Å². The molecule has 8 heteroatoms. The van der Waals surface area contributed by atoms with Gasteiger partial charge in [-0.05, 0) is 24.3 Å². The first-order valence-electron chi connectivity index (χ1n) is 8.59. The summed E-state index contributed by atoms with van der Waals surface area (Å²) in [6.45, 7) is 0. The van der Waals surface area contributed by atoms with Crippen LogP contribution in [0.3, 0.4) is 0 Å². The Hall–Kier alpha value is -3.42. The first-order chi connectivity index (χ1) is 13.5. The number of imide groups is 1. The van der Waals surface area contributed by atoms with Crippen molar-refractivity contribution in [1.29, 1.82) is 0 Å². The van der Waals surface area contributed by atoms with E-state index >= 15 is 0 Å². The molecule has 0 aromatic heterocycles. The van der Waals surface area contributed by atoms with Gasteiger partial charge in [-0.1, -0.05) is 0 Å². The Morgan fingerprint density at radius 1 is 0.893 bits per heavy atom. The van der Waals surface area contributed by atoms with E-state index in [0.717, 1.165) is 0 Å². The molecule has 2 amide bonds. The normalized spacial score (nSPS) is 16.1. The number of hydrogen-bond donors (Lipinski definition) is 1. The van der Waals surface area contributed by atoms with Crippen LogP contribution >= 0.6 is 0 Å². The number of benzene rings is 2. The minimum absolute atomic E-state index is 0.0432. The topological polar surface area (TPSA) is 86.3 Å². The number of nitrogens with one attached hydrogen (secondary N) is 1. The molecule has 0 spiro atoms. The highest BCUT2D eigenvalue weighted by Gasteiger charge is 2.39. The van der Waals surface area contributed by atoms with Gasteiger partial charge in [-0.2, -0.15) is 0 Å². The Kier molecular flexibility index (Phi) is 5.58. The predicted octanol–water partition coefficient (Wildman–Crippen LogP) is 2.46. The molecule has 1 aliphatic rings. The molecule has 0 saturated carbocycles. The highest BCUT2D eigenvalue weighted by atomic mass is 16.5. The van der Waals surface area contributed by atoms with Gasteiger partial charge in [0.25, 0.3) is 5.91 Å². The lowest BCUT2D eigenvalue weighted by Crippen LogP contribution is -2.34. The van der Waals surface area contributed by atoms with Gasteiger partial charge in [-0.15, -0.1) is 0 Å². The Labute approximate surface area is 162 Å². The average Bonchev–Trinajstić information content (AvgIpc) is 3.00. The number of nitrogens with zero attached hydrogens (tertiary/aromatic N) is 1. The zero-order valence-corrected chi connectivity index (χ0v) is 16.1. The van der Waals surface area contributed by atoms with Crippen LogP contribution in [0.1, 0.15) is 6.42 Å².